The number of nitrogens with zero attached hydrogens (tertiary/aromatic N) is 3. The number of oxime groups is 1. The van der Waals surface area contributed by atoms with Crippen LogP contribution in [0.4, 0.5) is 0 Å². The summed E-state index contributed by atoms with van der Waals surface area (Å²) in [5, 5.41) is 14.1. The van der Waals surface area contributed by atoms with E-state index >= 15 is 0 Å². The molecule has 0 bridgehead atoms. The van der Waals surface area contributed by atoms with E-state index in [1.807, 2.05) is 36.2 Å². The lowest BCUT2D eigenvalue weighted by atomic mass is 10.1. The molecule has 160 valence electrons. The van der Waals surface area contributed by atoms with E-state index in [9.17, 15) is 0 Å². The number of ether oxygens (including phenoxy) is 1. The number of rotatable bonds is 8. The largest absolute Gasteiger partial charge is 0.494 e. The predicted octanol–water partition coefficient (Wildman–Crippen LogP) is 4.15. The monoisotopic (exact) mass is 409 g/mol. The minimum absolute atomic E-state index is 0.0117. The van der Waals surface area contributed by atoms with Crippen LogP contribution in [0.2, 0.25) is 0 Å². The third kappa shape index (κ3) is 5.49. The Morgan fingerprint density at radius 2 is 2.03 bits per heavy atom. The molecule has 1 heterocycles. The number of benzene rings is 2. The highest BCUT2D eigenvalue weighted by Crippen LogP contribution is 2.23. The number of nitrogens with one attached hydrogen (secondary N) is 1. The maximum atomic E-state index is 7.72. The van der Waals surface area contributed by atoms with Gasteiger partial charge in [-0.15, -0.1) is 0 Å². The van der Waals surface area contributed by atoms with Crippen molar-refractivity contribution >= 4 is 28.8 Å². The summed E-state index contributed by atoms with van der Waals surface area (Å²) in [4.78, 5) is 11.8. The molecule has 1 fully saturated rings. The molecule has 0 spiro atoms. The van der Waals surface area contributed by atoms with Gasteiger partial charge < -0.3 is 20.2 Å². The summed E-state index contributed by atoms with van der Waals surface area (Å²) in [6.07, 6.45) is 5.90. The van der Waals surface area contributed by atoms with Crippen LogP contribution < -0.4 is 10.5 Å². The molecule has 30 heavy (non-hydrogen) atoms. The Balaban J connectivity index is 1.82. The van der Waals surface area contributed by atoms with Crippen molar-refractivity contribution in [1.29, 1.82) is 5.41 Å². The Hall–Kier alpha value is -3.09. The number of aliphatic imine (C=N–C) groups is 1. The van der Waals surface area contributed by atoms with Gasteiger partial charge in [0.05, 0.1) is 12.6 Å². The second-order valence-electron chi connectivity index (χ2n) is 7.32. The van der Waals surface area contributed by atoms with Crippen molar-refractivity contribution in [2.45, 2.75) is 45.6 Å². The summed E-state index contributed by atoms with van der Waals surface area (Å²) < 4.78 is 5.81. The van der Waals surface area contributed by atoms with Crippen LogP contribution in [0.5, 0.6) is 5.75 Å². The van der Waals surface area contributed by atoms with Crippen molar-refractivity contribution < 1.29 is 9.57 Å². The molecule has 0 radical (unpaired) electrons. The molecule has 0 aromatic heterocycles. The Kier molecular flexibility index (Phi) is 7.65. The van der Waals surface area contributed by atoms with E-state index in [-0.39, 0.29) is 12.0 Å². The van der Waals surface area contributed by atoms with Gasteiger partial charge >= 0.3 is 0 Å². The summed E-state index contributed by atoms with van der Waals surface area (Å²) in [5.74, 6) is 1.47. The highest BCUT2D eigenvalue weighted by molar-refractivity contribution is 6.05. The minimum atomic E-state index is 0.0117. The molecule has 1 aliphatic heterocycles. The lowest BCUT2D eigenvalue weighted by molar-refractivity contribution is 0.158. The first-order chi connectivity index (χ1) is 14.6. The number of amidine groups is 1. The van der Waals surface area contributed by atoms with E-state index in [4.69, 9.17) is 20.7 Å². The smallest absolute Gasteiger partial charge is 0.198 e. The number of hydrogen-bond acceptors (Lipinski definition) is 4. The summed E-state index contributed by atoms with van der Waals surface area (Å²) in [5.41, 5.74) is 6.56. The molecular weight excluding hydrogens is 378 g/mol. The van der Waals surface area contributed by atoms with Crippen molar-refractivity contribution in [2.75, 3.05) is 19.8 Å². The van der Waals surface area contributed by atoms with Crippen LogP contribution in [-0.2, 0) is 4.84 Å². The number of likely N-dealkylation sites (tertiary alicyclic amines) is 1. The van der Waals surface area contributed by atoms with Gasteiger partial charge in [0.2, 0.25) is 0 Å². The Bertz CT molecular complexity index is 925. The zero-order valence-corrected chi connectivity index (χ0v) is 17.8. The molecule has 2 aromatic rings. The molecule has 7 nitrogen and oxygen atoms in total. The zero-order chi connectivity index (χ0) is 21.3. The van der Waals surface area contributed by atoms with E-state index < -0.39 is 0 Å². The first kappa shape index (κ1) is 21.6. The molecule has 2 aromatic carbocycles. The van der Waals surface area contributed by atoms with Crippen molar-refractivity contribution in [2.24, 2.45) is 15.9 Å². The lowest BCUT2D eigenvalue weighted by Crippen LogP contribution is -2.40. The van der Waals surface area contributed by atoms with Gasteiger partial charge in [0, 0.05) is 18.3 Å². The summed E-state index contributed by atoms with van der Waals surface area (Å²) in [7, 11) is 0. The van der Waals surface area contributed by atoms with Crippen molar-refractivity contribution in [3.8, 4) is 5.75 Å². The van der Waals surface area contributed by atoms with Crippen molar-refractivity contribution in [1.82, 2.24) is 4.90 Å². The topological polar surface area (TPSA) is 96.3 Å². The highest BCUT2D eigenvalue weighted by atomic mass is 16.6. The number of unbranched alkanes of at least 4 members (excludes halogenated alkanes) is 1. The number of hydrogen-bond donors (Lipinski definition) is 2. The quantitative estimate of drug-likeness (QED) is 0.296. The summed E-state index contributed by atoms with van der Waals surface area (Å²) >= 11 is 0. The molecule has 0 amide bonds. The molecular formula is C23H31N5O2. The summed E-state index contributed by atoms with van der Waals surface area (Å²) in [6.45, 7) is 6.02. The molecule has 3 N–H and O–H groups in total. The highest BCUT2D eigenvalue weighted by Gasteiger charge is 2.24. The second kappa shape index (κ2) is 10.6. The molecule has 0 saturated carbocycles. The Labute approximate surface area is 178 Å². The molecule has 1 atom stereocenters. The van der Waals surface area contributed by atoms with E-state index in [0.717, 1.165) is 60.9 Å². The zero-order valence-electron chi connectivity index (χ0n) is 17.8. The fourth-order valence-electron chi connectivity index (χ4n) is 3.47. The van der Waals surface area contributed by atoms with E-state index in [2.05, 4.69) is 35.3 Å². The van der Waals surface area contributed by atoms with Crippen LogP contribution >= 0.6 is 0 Å². The van der Waals surface area contributed by atoms with Gasteiger partial charge in [0.25, 0.3) is 0 Å². The molecule has 0 aliphatic carbocycles. The van der Waals surface area contributed by atoms with Crippen molar-refractivity contribution in [3.05, 3.63) is 42.0 Å². The average Bonchev–Trinajstić information content (AvgIpc) is 3.23. The van der Waals surface area contributed by atoms with Gasteiger partial charge in [-0.3, -0.25) is 5.41 Å². The van der Waals surface area contributed by atoms with E-state index in [1.54, 1.807) is 0 Å². The van der Waals surface area contributed by atoms with Gasteiger partial charge in [-0.05, 0) is 55.2 Å². The van der Waals surface area contributed by atoms with Crippen LogP contribution in [0, 0.1) is 5.41 Å². The van der Waals surface area contributed by atoms with E-state index in [0.29, 0.717) is 12.4 Å². The Morgan fingerprint density at radius 3 is 2.80 bits per heavy atom. The van der Waals surface area contributed by atoms with Gasteiger partial charge in [0.15, 0.2) is 11.8 Å². The number of nitrogens with two attached hydrogens (primary N) is 1. The van der Waals surface area contributed by atoms with Gasteiger partial charge in [-0.1, -0.05) is 36.7 Å². The summed E-state index contributed by atoms with van der Waals surface area (Å²) in [6, 6.07) is 12.2. The lowest BCUT2D eigenvalue weighted by Gasteiger charge is -2.21. The van der Waals surface area contributed by atoms with Crippen LogP contribution in [-0.4, -0.2) is 48.7 Å². The molecule has 7 heteroatoms. The maximum absolute atomic E-state index is 7.72. The second-order valence-corrected chi connectivity index (χ2v) is 7.32. The minimum Gasteiger partial charge on any atom is -0.494 e. The van der Waals surface area contributed by atoms with Crippen LogP contribution in [0.3, 0.4) is 0 Å². The average molecular weight is 410 g/mol. The molecule has 3 rings (SSSR count). The third-order valence-corrected chi connectivity index (χ3v) is 5.09. The standard InChI is InChI=1S/C23H31N5O2/c1-3-5-13-29-21-11-10-17-14-19(9-8-18(17)15-21)22(27-30-4-2)26-16-20-7-6-12-28(20)23(24)25/h8-11,14-16,20H,3-7,12-13H2,1-2H3,(H3,24,25)/b26-16?,27-22-/t20-/m0/s1. The van der Waals surface area contributed by atoms with Gasteiger partial charge in [-0.25, -0.2) is 4.99 Å². The third-order valence-electron chi connectivity index (χ3n) is 5.09. The predicted molar refractivity (Wildman–Crippen MR) is 123 cm³/mol. The van der Waals surface area contributed by atoms with Crippen molar-refractivity contribution in [3.63, 3.8) is 0 Å². The van der Waals surface area contributed by atoms with Crippen LogP contribution in [0.15, 0.2) is 46.5 Å². The first-order valence-electron chi connectivity index (χ1n) is 10.6. The Morgan fingerprint density at radius 1 is 1.23 bits per heavy atom. The van der Waals surface area contributed by atoms with E-state index in [1.165, 1.54) is 0 Å². The van der Waals surface area contributed by atoms with Gasteiger partial charge in [0.1, 0.15) is 12.4 Å². The van der Waals surface area contributed by atoms with Crippen LogP contribution in [0.25, 0.3) is 10.8 Å². The number of fused-ring (bicyclic) bond motifs is 1. The normalized spacial score (nSPS) is 17.1. The molecule has 0 unspecified atom stereocenters. The molecule has 1 saturated heterocycles. The molecule has 1 aliphatic rings. The first-order valence-corrected chi connectivity index (χ1v) is 10.6. The maximum Gasteiger partial charge on any atom is 0.198 e. The van der Waals surface area contributed by atoms with Gasteiger partial charge in [-0.2, -0.15) is 0 Å². The fraction of sp³-hybridized carbons (Fsp3) is 0.435. The number of guanidine groups is 1. The van der Waals surface area contributed by atoms with Crippen LogP contribution in [0.1, 0.15) is 45.1 Å². The fourth-order valence-corrected chi connectivity index (χ4v) is 3.47. The SMILES string of the molecule is CCCCOc1ccc2cc(/C(N=C[C@@H]3CCCN3C(=N)N)=N/OCC)ccc2c1.